The van der Waals surface area contributed by atoms with E-state index in [4.69, 9.17) is 0 Å². The SMILES string of the molecule is CC1CN(C(=O)[C@@H]2CCC(=O)N2)c2ccccc2CN1. The number of hydrogen-bond donors (Lipinski definition) is 2. The van der Waals surface area contributed by atoms with Gasteiger partial charge in [0.25, 0.3) is 0 Å². The Hall–Kier alpha value is -1.88. The van der Waals surface area contributed by atoms with Crippen LogP contribution in [0.2, 0.25) is 0 Å². The zero-order chi connectivity index (χ0) is 14.1. The lowest BCUT2D eigenvalue weighted by molar-refractivity contribution is -0.124. The smallest absolute Gasteiger partial charge is 0.249 e. The van der Waals surface area contributed by atoms with Crippen molar-refractivity contribution < 1.29 is 9.59 Å². The van der Waals surface area contributed by atoms with E-state index >= 15 is 0 Å². The number of carbonyl (C=O) groups is 2. The maximum atomic E-state index is 12.7. The van der Waals surface area contributed by atoms with Gasteiger partial charge in [-0.05, 0) is 25.0 Å². The van der Waals surface area contributed by atoms with Gasteiger partial charge in [0.15, 0.2) is 0 Å². The summed E-state index contributed by atoms with van der Waals surface area (Å²) >= 11 is 0. The first-order chi connectivity index (χ1) is 9.65. The van der Waals surface area contributed by atoms with Gasteiger partial charge in [0.1, 0.15) is 6.04 Å². The summed E-state index contributed by atoms with van der Waals surface area (Å²) in [4.78, 5) is 25.8. The van der Waals surface area contributed by atoms with Gasteiger partial charge in [-0.15, -0.1) is 0 Å². The second-order valence-corrected chi connectivity index (χ2v) is 5.52. The van der Waals surface area contributed by atoms with Crippen molar-refractivity contribution in [2.45, 2.75) is 38.4 Å². The summed E-state index contributed by atoms with van der Waals surface area (Å²) < 4.78 is 0. The summed E-state index contributed by atoms with van der Waals surface area (Å²) in [6.45, 7) is 3.46. The predicted molar refractivity (Wildman–Crippen MR) is 76.3 cm³/mol. The van der Waals surface area contributed by atoms with Crippen LogP contribution in [-0.4, -0.2) is 30.4 Å². The van der Waals surface area contributed by atoms with Gasteiger partial charge in [0, 0.05) is 31.2 Å². The highest BCUT2D eigenvalue weighted by atomic mass is 16.2. The molecule has 20 heavy (non-hydrogen) atoms. The van der Waals surface area contributed by atoms with Gasteiger partial charge in [-0.1, -0.05) is 18.2 Å². The lowest BCUT2D eigenvalue weighted by atomic mass is 10.1. The van der Waals surface area contributed by atoms with E-state index in [2.05, 4.69) is 17.6 Å². The third kappa shape index (κ3) is 2.41. The molecule has 1 unspecified atom stereocenters. The molecule has 1 aromatic carbocycles. The first-order valence-corrected chi connectivity index (χ1v) is 7.07. The summed E-state index contributed by atoms with van der Waals surface area (Å²) in [5, 5.41) is 6.17. The fraction of sp³-hybridized carbons (Fsp3) is 0.467. The van der Waals surface area contributed by atoms with Crippen molar-refractivity contribution in [2.24, 2.45) is 0 Å². The van der Waals surface area contributed by atoms with E-state index in [0.717, 1.165) is 17.8 Å². The quantitative estimate of drug-likeness (QED) is 0.795. The van der Waals surface area contributed by atoms with E-state index < -0.39 is 0 Å². The van der Waals surface area contributed by atoms with Crippen molar-refractivity contribution >= 4 is 17.5 Å². The van der Waals surface area contributed by atoms with Crippen molar-refractivity contribution in [1.29, 1.82) is 0 Å². The van der Waals surface area contributed by atoms with Crippen molar-refractivity contribution in [3.8, 4) is 0 Å². The second-order valence-electron chi connectivity index (χ2n) is 5.52. The van der Waals surface area contributed by atoms with Gasteiger partial charge in [-0.3, -0.25) is 9.59 Å². The van der Waals surface area contributed by atoms with Crippen LogP contribution in [0.5, 0.6) is 0 Å². The molecular formula is C15H19N3O2. The number of rotatable bonds is 1. The van der Waals surface area contributed by atoms with Crippen molar-refractivity contribution in [2.75, 3.05) is 11.4 Å². The van der Waals surface area contributed by atoms with Crippen LogP contribution in [0.3, 0.4) is 0 Å². The van der Waals surface area contributed by atoms with Crippen LogP contribution >= 0.6 is 0 Å². The van der Waals surface area contributed by atoms with Crippen LogP contribution in [0.1, 0.15) is 25.3 Å². The van der Waals surface area contributed by atoms with Gasteiger partial charge in [0.2, 0.25) is 11.8 Å². The molecule has 2 atom stereocenters. The Balaban J connectivity index is 1.90. The van der Waals surface area contributed by atoms with E-state index in [-0.39, 0.29) is 23.9 Å². The molecule has 2 aliphatic rings. The molecule has 3 rings (SSSR count). The van der Waals surface area contributed by atoms with E-state index in [1.165, 1.54) is 0 Å². The highest BCUT2D eigenvalue weighted by Gasteiger charge is 2.33. The van der Waals surface area contributed by atoms with Crippen LogP contribution in [-0.2, 0) is 16.1 Å². The Morgan fingerprint density at radius 1 is 1.35 bits per heavy atom. The third-order valence-electron chi connectivity index (χ3n) is 3.94. The Bertz CT molecular complexity index is 544. The molecule has 2 amide bonds. The first-order valence-electron chi connectivity index (χ1n) is 7.07. The number of para-hydroxylation sites is 1. The van der Waals surface area contributed by atoms with Crippen LogP contribution in [0.4, 0.5) is 5.69 Å². The summed E-state index contributed by atoms with van der Waals surface area (Å²) in [6, 6.07) is 7.79. The first kappa shape index (κ1) is 13.1. The number of fused-ring (bicyclic) bond motifs is 1. The molecule has 0 saturated carbocycles. The molecule has 5 heteroatoms. The minimum absolute atomic E-state index is 0.00106. The normalized spacial score (nSPS) is 25.9. The van der Waals surface area contributed by atoms with Gasteiger partial charge in [-0.2, -0.15) is 0 Å². The Kier molecular flexibility index (Phi) is 3.44. The lowest BCUT2D eigenvalue weighted by Gasteiger charge is -2.27. The summed E-state index contributed by atoms with van der Waals surface area (Å²) in [5.74, 6) is -0.0310. The van der Waals surface area contributed by atoms with Gasteiger partial charge in [0.05, 0.1) is 0 Å². The van der Waals surface area contributed by atoms with E-state index in [1.54, 1.807) is 0 Å². The van der Waals surface area contributed by atoms with Gasteiger partial charge in [-0.25, -0.2) is 0 Å². The van der Waals surface area contributed by atoms with E-state index in [9.17, 15) is 9.59 Å². The number of anilines is 1. The molecule has 2 N–H and O–H groups in total. The molecule has 0 radical (unpaired) electrons. The maximum Gasteiger partial charge on any atom is 0.249 e. The van der Waals surface area contributed by atoms with E-state index in [1.807, 2.05) is 29.2 Å². The molecule has 1 saturated heterocycles. The number of amides is 2. The van der Waals surface area contributed by atoms with E-state index in [0.29, 0.717) is 19.4 Å². The number of nitrogens with zero attached hydrogens (tertiary/aromatic N) is 1. The summed E-state index contributed by atoms with van der Waals surface area (Å²) in [5.41, 5.74) is 2.07. The third-order valence-corrected chi connectivity index (χ3v) is 3.94. The number of nitrogens with one attached hydrogen (secondary N) is 2. The number of benzene rings is 1. The fourth-order valence-electron chi connectivity index (χ4n) is 2.84. The minimum atomic E-state index is -0.374. The summed E-state index contributed by atoms with van der Waals surface area (Å²) in [7, 11) is 0. The van der Waals surface area contributed by atoms with Crippen LogP contribution in [0, 0.1) is 0 Å². The molecule has 0 aromatic heterocycles. The monoisotopic (exact) mass is 273 g/mol. The van der Waals surface area contributed by atoms with Gasteiger partial charge < -0.3 is 15.5 Å². The molecule has 0 bridgehead atoms. The molecule has 1 aromatic rings. The van der Waals surface area contributed by atoms with Crippen LogP contribution < -0.4 is 15.5 Å². The van der Waals surface area contributed by atoms with Crippen molar-refractivity contribution in [3.63, 3.8) is 0 Å². The zero-order valence-electron chi connectivity index (χ0n) is 11.6. The molecule has 2 heterocycles. The summed E-state index contributed by atoms with van der Waals surface area (Å²) in [6.07, 6.45) is 1.04. The largest absolute Gasteiger partial charge is 0.344 e. The number of hydrogen-bond acceptors (Lipinski definition) is 3. The molecule has 2 aliphatic heterocycles. The maximum absolute atomic E-state index is 12.7. The molecule has 1 fully saturated rings. The fourth-order valence-corrected chi connectivity index (χ4v) is 2.84. The van der Waals surface area contributed by atoms with Gasteiger partial charge >= 0.3 is 0 Å². The average molecular weight is 273 g/mol. The standard InChI is InChI=1S/C15H19N3O2/c1-10-9-18(15(20)12-6-7-14(19)17-12)13-5-3-2-4-11(13)8-16-10/h2-5,10,12,16H,6-9H2,1H3,(H,17,19)/t10?,12-/m0/s1. The number of carbonyl (C=O) groups excluding carboxylic acids is 2. The second kappa shape index (κ2) is 5.25. The topological polar surface area (TPSA) is 61.4 Å². The lowest BCUT2D eigenvalue weighted by Crippen LogP contribution is -2.48. The molecular weight excluding hydrogens is 254 g/mol. The average Bonchev–Trinajstić information content (AvgIpc) is 2.81. The molecule has 5 nitrogen and oxygen atoms in total. The van der Waals surface area contributed by atoms with Crippen LogP contribution in [0.15, 0.2) is 24.3 Å². The zero-order valence-corrected chi connectivity index (χ0v) is 11.6. The highest BCUT2D eigenvalue weighted by molar-refractivity contribution is 6.01. The molecule has 0 spiro atoms. The Morgan fingerprint density at radius 3 is 2.90 bits per heavy atom. The molecule has 0 aliphatic carbocycles. The van der Waals surface area contributed by atoms with Crippen molar-refractivity contribution in [3.05, 3.63) is 29.8 Å². The molecule has 106 valence electrons. The van der Waals surface area contributed by atoms with Crippen molar-refractivity contribution in [1.82, 2.24) is 10.6 Å². The Labute approximate surface area is 118 Å². The highest BCUT2D eigenvalue weighted by Crippen LogP contribution is 2.25. The predicted octanol–water partition coefficient (Wildman–Crippen LogP) is 0.790. The van der Waals surface area contributed by atoms with Crippen LogP contribution in [0.25, 0.3) is 0 Å². The Morgan fingerprint density at radius 2 is 2.15 bits per heavy atom. The minimum Gasteiger partial charge on any atom is -0.344 e.